The second-order valence-electron chi connectivity index (χ2n) is 7.59. The molecule has 0 aliphatic rings. The van der Waals surface area contributed by atoms with Crippen molar-refractivity contribution in [1.29, 1.82) is 0 Å². The molecule has 0 radical (unpaired) electrons. The van der Waals surface area contributed by atoms with Gasteiger partial charge < -0.3 is 25.2 Å². The van der Waals surface area contributed by atoms with Gasteiger partial charge in [-0.2, -0.15) is 0 Å². The van der Waals surface area contributed by atoms with Crippen molar-refractivity contribution in [3.8, 4) is 17.0 Å². The van der Waals surface area contributed by atoms with Gasteiger partial charge in [0.1, 0.15) is 5.75 Å². The summed E-state index contributed by atoms with van der Waals surface area (Å²) in [6, 6.07) is 17.0. The van der Waals surface area contributed by atoms with Gasteiger partial charge in [-0.25, -0.2) is 14.8 Å². The van der Waals surface area contributed by atoms with Crippen LogP contribution >= 0.6 is 0 Å². The molecule has 0 aliphatic heterocycles. The van der Waals surface area contributed by atoms with Crippen LogP contribution in [0.3, 0.4) is 0 Å². The van der Waals surface area contributed by atoms with Crippen molar-refractivity contribution in [3.63, 3.8) is 0 Å². The van der Waals surface area contributed by atoms with Crippen LogP contribution in [0, 0.1) is 0 Å². The van der Waals surface area contributed by atoms with Crippen LogP contribution in [0.4, 0.5) is 11.6 Å². The predicted octanol–water partition coefficient (Wildman–Crippen LogP) is 3.88. The first-order chi connectivity index (χ1) is 17.0. The van der Waals surface area contributed by atoms with E-state index in [9.17, 15) is 14.7 Å². The number of esters is 1. The van der Waals surface area contributed by atoms with E-state index in [0.29, 0.717) is 45.3 Å². The number of carbonyl (C=O) groups excluding carboxylic acids is 2. The van der Waals surface area contributed by atoms with Crippen LogP contribution in [0.15, 0.2) is 60.7 Å². The molecule has 0 unspecified atom stereocenters. The molecule has 9 heteroatoms. The minimum absolute atomic E-state index is 0.197. The van der Waals surface area contributed by atoms with Crippen LogP contribution in [0.25, 0.3) is 22.2 Å². The summed E-state index contributed by atoms with van der Waals surface area (Å²) < 4.78 is 10.1. The van der Waals surface area contributed by atoms with Crippen LogP contribution in [0.5, 0.6) is 5.75 Å². The minimum Gasteiger partial charge on any atom is -0.496 e. The second-order valence-corrected chi connectivity index (χ2v) is 7.59. The Morgan fingerprint density at radius 2 is 1.71 bits per heavy atom. The van der Waals surface area contributed by atoms with Crippen molar-refractivity contribution in [2.75, 3.05) is 31.9 Å². The Kier molecular flexibility index (Phi) is 6.88. The highest BCUT2D eigenvalue weighted by Gasteiger charge is 2.15. The number of fused-ring (bicyclic) bond motifs is 1. The number of rotatable bonds is 7. The lowest BCUT2D eigenvalue weighted by Crippen LogP contribution is -2.12. The van der Waals surface area contributed by atoms with E-state index in [0.717, 1.165) is 10.9 Å². The summed E-state index contributed by atoms with van der Waals surface area (Å²) in [5.41, 5.74) is 3.97. The lowest BCUT2D eigenvalue weighted by molar-refractivity contribution is 0.0600. The molecule has 0 saturated carbocycles. The number of carbonyl (C=O) groups is 2. The van der Waals surface area contributed by atoms with E-state index in [1.54, 1.807) is 37.4 Å². The van der Waals surface area contributed by atoms with E-state index in [4.69, 9.17) is 4.74 Å². The van der Waals surface area contributed by atoms with Crippen LogP contribution in [-0.4, -0.2) is 48.2 Å². The van der Waals surface area contributed by atoms with Gasteiger partial charge >= 0.3 is 5.97 Å². The van der Waals surface area contributed by atoms with E-state index < -0.39 is 5.97 Å². The zero-order valence-electron chi connectivity index (χ0n) is 19.5. The number of nitrogens with one attached hydrogen (secondary N) is 2. The molecule has 0 spiro atoms. The molecule has 3 N–H and O–H groups in total. The summed E-state index contributed by atoms with van der Waals surface area (Å²) in [6.07, 6.45) is 0. The average Bonchev–Trinajstić information content (AvgIpc) is 2.91. The molecule has 0 atom stereocenters. The molecule has 1 amide bonds. The van der Waals surface area contributed by atoms with E-state index in [-0.39, 0.29) is 12.5 Å². The molecule has 9 nitrogen and oxygen atoms in total. The van der Waals surface area contributed by atoms with Gasteiger partial charge in [0, 0.05) is 40.9 Å². The quantitative estimate of drug-likeness (QED) is 0.347. The molecule has 4 aromatic rings. The highest BCUT2D eigenvalue weighted by atomic mass is 16.5. The first kappa shape index (κ1) is 23.7. The Morgan fingerprint density at radius 3 is 2.37 bits per heavy atom. The molecule has 1 heterocycles. The molecule has 4 rings (SSSR count). The van der Waals surface area contributed by atoms with Crippen molar-refractivity contribution >= 4 is 34.4 Å². The number of amides is 1. The summed E-state index contributed by atoms with van der Waals surface area (Å²) in [7, 11) is 4.57. The summed E-state index contributed by atoms with van der Waals surface area (Å²) in [5.74, 6) is 0.163. The number of aromatic nitrogens is 2. The molecular formula is C26H24N4O5. The summed E-state index contributed by atoms with van der Waals surface area (Å²) in [4.78, 5) is 33.5. The maximum absolute atomic E-state index is 12.8. The first-order valence-electron chi connectivity index (χ1n) is 10.7. The highest BCUT2D eigenvalue weighted by molar-refractivity contribution is 6.05. The molecule has 178 valence electrons. The lowest BCUT2D eigenvalue weighted by atomic mass is 10.0. The number of aliphatic hydroxyl groups excluding tert-OH is 1. The number of aliphatic hydroxyl groups is 1. The molecule has 35 heavy (non-hydrogen) atoms. The molecule has 3 aromatic carbocycles. The van der Waals surface area contributed by atoms with Crippen molar-refractivity contribution in [2.45, 2.75) is 6.61 Å². The highest BCUT2D eigenvalue weighted by Crippen LogP contribution is 2.33. The Labute approximate surface area is 201 Å². The van der Waals surface area contributed by atoms with Crippen LogP contribution in [-0.2, 0) is 11.3 Å². The average molecular weight is 473 g/mol. The van der Waals surface area contributed by atoms with Gasteiger partial charge in [0.25, 0.3) is 5.91 Å². The molecule has 1 aromatic heterocycles. The topological polar surface area (TPSA) is 123 Å². The normalized spacial score (nSPS) is 10.6. The summed E-state index contributed by atoms with van der Waals surface area (Å²) in [5, 5.41) is 16.3. The van der Waals surface area contributed by atoms with E-state index in [1.807, 2.05) is 18.2 Å². The van der Waals surface area contributed by atoms with Crippen molar-refractivity contribution < 1.29 is 24.2 Å². The lowest BCUT2D eigenvalue weighted by Gasteiger charge is -2.13. The zero-order chi connectivity index (χ0) is 24.9. The summed E-state index contributed by atoms with van der Waals surface area (Å²) in [6.45, 7) is -0.197. The number of methoxy groups -OCH3 is 2. The van der Waals surface area contributed by atoms with Crippen molar-refractivity contribution in [3.05, 3.63) is 77.4 Å². The Bertz CT molecular complexity index is 1400. The van der Waals surface area contributed by atoms with Gasteiger partial charge in [-0.3, -0.25) is 4.79 Å². The fraction of sp³-hybridized carbons (Fsp3) is 0.154. The van der Waals surface area contributed by atoms with Gasteiger partial charge in [0.15, 0.2) is 0 Å². The molecule has 0 bridgehead atoms. The molecule has 0 saturated heterocycles. The van der Waals surface area contributed by atoms with E-state index in [1.165, 1.54) is 26.4 Å². The monoisotopic (exact) mass is 472 g/mol. The van der Waals surface area contributed by atoms with Crippen LogP contribution in [0.2, 0.25) is 0 Å². The van der Waals surface area contributed by atoms with Gasteiger partial charge in [0.05, 0.1) is 37.6 Å². The number of nitrogens with zero attached hydrogens (tertiary/aromatic N) is 2. The Morgan fingerprint density at radius 1 is 0.971 bits per heavy atom. The van der Waals surface area contributed by atoms with Gasteiger partial charge in [-0.1, -0.05) is 12.1 Å². The fourth-order valence-electron chi connectivity index (χ4n) is 3.67. The number of anilines is 2. The Balaban J connectivity index is 1.69. The van der Waals surface area contributed by atoms with E-state index in [2.05, 4.69) is 25.3 Å². The minimum atomic E-state index is -0.468. The standard InChI is InChI=1S/C26H24N4O5/c1-27-26-29-21-13-22(34-2)18(14-31)12-20(21)23(30-26)17-5-4-6-19(11-17)28-24(32)15-7-9-16(10-8-15)25(33)35-3/h4-13,31H,14H2,1-3H3,(H,28,32)(H,27,29,30). The van der Waals surface area contributed by atoms with Gasteiger partial charge in [-0.05, 0) is 42.5 Å². The van der Waals surface area contributed by atoms with Crippen molar-refractivity contribution in [1.82, 2.24) is 9.97 Å². The van der Waals surface area contributed by atoms with E-state index >= 15 is 0 Å². The molecule has 0 aliphatic carbocycles. The third kappa shape index (κ3) is 4.90. The number of ether oxygens (including phenoxy) is 2. The molecular weight excluding hydrogens is 448 g/mol. The number of hydrogen-bond acceptors (Lipinski definition) is 8. The maximum atomic E-state index is 12.8. The van der Waals surface area contributed by atoms with Crippen LogP contribution in [0.1, 0.15) is 26.3 Å². The number of benzene rings is 3. The summed E-state index contributed by atoms with van der Waals surface area (Å²) >= 11 is 0. The first-order valence-corrected chi connectivity index (χ1v) is 10.7. The van der Waals surface area contributed by atoms with Gasteiger partial charge in [0.2, 0.25) is 5.95 Å². The third-order valence-electron chi connectivity index (χ3n) is 5.45. The fourth-order valence-corrected chi connectivity index (χ4v) is 3.67. The second kappa shape index (κ2) is 10.2. The maximum Gasteiger partial charge on any atom is 0.337 e. The van der Waals surface area contributed by atoms with Crippen LogP contribution < -0.4 is 15.4 Å². The smallest absolute Gasteiger partial charge is 0.337 e. The van der Waals surface area contributed by atoms with Gasteiger partial charge in [-0.15, -0.1) is 0 Å². The molecule has 0 fully saturated rings. The largest absolute Gasteiger partial charge is 0.496 e. The Hall–Kier alpha value is -4.50. The predicted molar refractivity (Wildman–Crippen MR) is 133 cm³/mol. The van der Waals surface area contributed by atoms with Crippen molar-refractivity contribution in [2.24, 2.45) is 0 Å². The SMILES string of the molecule is CNc1nc(-c2cccc(NC(=O)c3ccc(C(=O)OC)cc3)c2)c2cc(CO)c(OC)cc2n1. The third-order valence-corrected chi connectivity index (χ3v) is 5.45. The zero-order valence-corrected chi connectivity index (χ0v) is 19.5. The number of hydrogen-bond donors (Lipinski definition) is 3.